The van der Waals surface area contributed by atoms with Gasteiger partial charge in [0.05, 0.1) is 6.61 Å². The first kappa shape index (κ1) is 18.2. The first-order valence-electron chi connectivity index (χ1n) is 8.81. The summed E-state index contributed by atoms with van der Waals surface area (Å²) in [4.78, 5) is 26.6. The van der Waals surface area contributed by atoms with Crippen molar-refractivity contribution in [3.63, 3.8) is 0 Å². The van der Waals surface area contributed by atoms with Gasteiger partial charge >= 0.3 is 5.97 Å². The van der Waals surface area contributed by atoms with Crippen LogP contribution in [0.2, 0.25) is 0 Å². The summed E-state index contributed by atoms with van der Waals surface area (Å²) in [5.74, 6) is -0.791. The second-order valence-corrected chi connectivity index (χ2v) is 6.14. The van der Waals surface area contributed by atoms with Crippen LogP contribution in [0.4, 0.5) is 0 Å². The molecule has 3 rings (SSSR count). The van der Waals surface area contributed by atoms with E-state index in [1.807, 2.05) is 25.1 Å². The van der Waals surface area contributed by atoms with Gasteiger partial charge in [0.25, 0.3) is 5.91 Å². The van der Waals surface area contributed by atoms with Gasteiger partial charge in [-0.1, -0.05) is 24.3 Å². The van der Waals surface area contributed by atoms with Crippen molar-refractivity contribution in [3.8, 4) is 0 Å². The van der Waals surface area contributed by atoms with Gasteiger partial charge in [0, 0.05) is 30.3 Å². The van der Waals surface area contributed by atoms with Crippen molar-refractivity contribution in [2.75, 3.05) is 20.3 Å². The number of rotatable bonds is 7. The molecule has 1 aromatic carbocycles. The lowest BCUT2D eigenvalue weighted by Crippen LogP contribution is -2.33. The summed E-state index contributed by atoms with van der Waals surface area (Å²) in [6, 6.07) is 7.34. The van der Waals surface area contributed by atoms with E-state index < -0.39 is 5.97 Å². The number of esters is 1. The minimum atomic E-state index is -0.655. The SMILES string of the molecule is CCN(C(=O)COC(=O)c1oc2ccccc2c1COC)C1=CCCC1. The predicted octanol–water partition coefficient (Wildman–Crippen LogP) is 3.65. The largest absolute Gasteiger partial charge is 0.450 e. The number of amides is 1. The average molecular weight is 357 g/mol. The van der Waals surface area contributed by atoms with Gasteiger partial charge in [0.1, 0.15) is 5.58 Å². The number of furan rings is 1. The van der Waals surface area contributed by atoms with E-state index in [1.54, 1.807) is 18.1 Å². The zero-order valence-electron chi connectivity index (χ0n) is 15.1. The van der Waals surface area contributed by atoms with Crippen LogP contribution in [0.1, 0.15) is 42.3 Å². The molecule has 0 aliphatic heterocycles. The standard InChI is InChI=1S/C20H23NO5/c1-3-21(14-8-4-5-9-14)18(22)13-25-20(23)19-16(12-24-2)15-10-6-7-11-17(15)26-19/h6-8,10-11H,3-5,9,12-13H2,1-2H3. The van der Waals surface area contributed by atoms with Gasteiger partial charge in [-0.2, -0.15) is 0 Å². The van der Waals surface area contributed by atoms with Crippen LogP contribution >= 0.6 is 0 Å². The third-order valence-corrected chi connectivity index (χ3v) is 4.48. The van der Waals surface area contributed by atoms with Gasteiger partial charge in [-0.15, -0.1) is 0 Å². The molecular weight excluding hydrogens is 334 g/mol. The van der Waals surface area contributed by atoms with Crippen LogP contribution in [0, 0.1) is 0 Å². The number of allylic oxidation sites excluding steroid dienone is 2. The van der Waals surface area contributed by atoms with Crippen LogP contribution < -0.4 is 0 Å². The van der Waals surface area contributed by atoms with Crippen molar-refractivity contribution in [3.05, 3.63) is 47.4 Å². The van der Waals surface area contributed by atoms with Crippen LogP contribution in [-0.2, 0) is 20.9 Å². The highest BCUT2D eigenvalue weighted by molar-refractivity contribution is 5.97. The number of fused-ring (bicyclic) bond motifs is 1. The van der Waals surface area contributed by atoms with Crippen molar-refractivity contribution in [1.29, 1.82) is 0 Å². The third kappa shape index (κ3) is 3.65. The normalized spacial score (nSPS) is 13.7. The van der Waals surface area contributed by atoms with E-state index in [9.17, 15) is 9.59 Å². The Bertz CT molecular complexity index is 836. The van der Waals surface area contributed by atoms with Gasteiger partial charge in [-0.25, -0.2) is 4.79 Å². The Labute approximate surface area is 152 Å². The smallest absolute Gasteiger partial charge is 0.375 e. The van der Waals surface area contributed by atoms with E-state index in [4.69, 9.17) is 13.9 Å². The molecule has 1 aliphatic rings. The van der Waals surface area contributed by atoms with Crippen molar-refractivity contribution in [2.24, 2.45) is 0 Å². The van der Waals surface area contributed by atoms with Crippen LogP contribution in [0.5, 0.6) is 0 Å². The molecule has 1 aliphatic carbocycles. The number of ether oxygens (including phenoxy) is 2. The molecular formula is C20H23NO5. The molecule has 138 valence electrons. The fourth-order valence-electron chi connectivity index (χ4n) is 3.26. The highest BCUT2D eigenvalue weighted by Gasteiger charge is 2.24. The molecule has 6 heteroatoms. The number of methoxy groups -OCH3 is 1. The van der Waals surface area contributed by atoms with Gasteiger partial charge in [0.2, 0.25) is 5.76 Å². The van der Waals surface area contributed by atoms with Gasteiger partial charge in [0.15, 0.2) is 6.61 Å². The fraction of sp³-hybridized carbons (Fsp3) is 0.400. The molecule has 1 aromatic heterocycles. The number of nitrogens with zero attached hydrogens (tertiary/aromatic N) is 1. The summed E-state index contributed by atoms with van der Waals surface area (Å²) < 4.78 is 16.1. The molecule has 6 nitrogen and oxygen atoms in total. The zero-order chi connectivity index (χ0) is 18.5. The van der Waals surface area contributed by atoms with Crippen molar-refractivity contribution in [2.45, 2.75) is 32.8 Å². The molecule has 0 fully saturated rings. The van der Waals surface area contributed by atoms with Gasteiger partial charge < -0.3 is 18.8 Å². The maximum atomic E-state index is 12.5. The average Bonchev–Trinajstić information content (AvgIpc) is 3.29. The quantitative estimate of drug-likeness (QED) is 0.708. The van der Waals surface area contributed by atoms with E-state index in [2.05, 4.69) is 6.08 Å². The molecule has 1 amide bonds. The summed E-state index contributed by atoms with van der Waals surface area (Å²) in [6.07, 6.45) is 4.99. The predicted molar refractivity (Wildman–Crippen MR) is 96.5 cm³/mol. The van der Waals surface area contributed by atoms with Crippen LogP contribution in [0.3, 0.4) is 0 Å². The van der Waals surface area contributed by atoms with Gasteiger partial charge in [-0.3, -0.25) is 4.79 Å². The van der Waals surface area contributed by atoms with E-state index in [1.165, 1.54) is 0 Å². The van der Waals surface area contributed by atoms with Crippen molar-refractivity contribution < 1.29 is 23.5 Å². The van der Waals surface area contributed by atoms with E-state index in [0.717, 1.165) is 30.3 Å². The van der Waals surface area contributed by atoms with Crippen molar-refractivity contribution >= 4 is 22.8 Å². The first-order chi connectivity index (χ1) is 12.7. The topological polar surface area (TPSA) is 69.0 Å². The van der Waals surface area contributed by atoms with Crippen LogP contribution in [0.15, 0.2) is 40.5 Å². The molecule has 26 heavy (non-hydrogen) atoms. The summed E-state index contributed by atoms with van der Waals surface area (Å²) in [5.41, 5.74) is 2.23. The van der Waals surface area contributed by atoms with Crippen LogP contribution in [0.25, 0.3) is 11.0 Å². The molecule has 0 bridgehead atoms. The maximum absolute atomic E-state index is 12.5. The lowest BCUT2D eigenvalue weighted by molar-refractivity contribution is -0.132. The van der Waals surface area contributed by atoms with E-state index in [-0.39, 0.29) is 24.9 Å². The van der Waals surface area contributed by atoms with Crippen molar-refractivity contribution in [1.82, 2.24) is 4.90 Å². The Morgan fingerprint density at radius 3 is 2.77 bits per heavy atom. The molecule has 0 spiro atoms. The number of carbonyl (C=O) groups excluding carboxylic acids is 2. The van der Waals surface area contributed by atoms with Crippen LogP contribution in [-0.4, -0.2) is 37.0 Å². The molecule has 0 N–H and O–H groups in total. The lowest BCUT2D eigenvalue weighted by atomic mass is 10.1. The summed E-state index contributed by atoms with van der Waals surface area (Å²) in [7, 11) is 1.55. The monoisotopic (exact) mass is 357 g/mol. The summed E-state index contributed by atoms with van der Waals surface area (Å²) >= 11 is 0. The van der Waals surface area contributed by atoms with E-state index >= 15 is 0 Å². The zero-order valence-corrected chi connectivity index (χ0v) is 15.1. The Hall–Kier alpha value is -2.60. The number of hydrogen-bond donors (Lipinski definition) is 0. The summed E-state index contributed by atoms with van der Waals surface area (Å²) in [6.45, 7) is 2.38. The molecule has 0 saturated carbocycles. The molecule has 1 heterocycles. The molecule has 2 aromatic rings. The Kier molecular flexibility index (Phi) is 5.73. The maximum Gasteiger partial charge on any atom is 0.375 e. The Morgan fingerprint density at radius 2 is 2.08 bits per heavy atom. The Balaban J connectivity index is 1.72. The van der Waals surface area contributed by atoms with Gasteiger partial charge in [-0.05, 0) is 32.3 Å². The lowest BCUT2D eigenvalue weighted by Gasteiger charge is -2.21. The number of hydrogen-bond acceptors (Lipinski definition) is 5. The van der Waals surface area contributed by atoms with E-state index in [0.29, 0.717) is 17.7 Å². The summed E-state index contributed by atoms with van der Waals surface area (Å²) in [5, 5.41) is 0.805. The molecule has 0 saturated heterocycles. The molecule has 0 atom stereocenters. The second-order valence-electron chi connectivity index (χ2n) is 6.14. The molecule has 0 radical (unpaired) electrons. The highest BCUT2D eigenvalue weighted by atomic mass is 16.5. The number of benzene rings is 1. The highest BCUT2D eigenvalue weighted by Crippen LogP contribution is 2.27. The minimum absolute atomic E-state index is 0.0870. The first-order valence-corrected chi connectivity index (χ1v) is 8.81. The second kappa shape index (κ2) is 8.19. The number of likely N-dealkylation sites (N-methyl/N-ethyl adjacent to an activating group) is 1. The minimum Gasteiger partial charge on any atom is -0.450 e. The molecule has 0 unspecified atom stereocenters. The third-order valence-electron chi connectivity index (χ3n) is 4.48. The number of carbonyl (C=O) groups is 2. The number of para-hydroxylation sites is 1. The fourth-order valence-corrected chi connectivity index (χ4v) is 3.26. The Morgan fingerprint density at radius 1 is 1.27 bits per heavy atom.